The van der Waals surface area contributed by atoms with Crippen LogP contribution >= 0.6 is 0 Å². The first-order chi connectivity index (χ1) is 6.27. The van der Waals surface area contributed by atoms with E-state index in [0.717, 1.165) is 11.7 Å². The van der Waals surface area contributed by atoms with Gasteiger partial charge in [-0.2, -0.15) is 0 Å². The normalized spacial score (nSPS) is 36.2. The minimum Gasteiger partial charge on any atom is -0.495 e. The van der Waals surface area contributed by atoms with Gasteiger partial charge in [-0.3, -0.25) is 0 Å². The van der Waals surface area contributed by atoms with Crippen LogP contribution in [0.2, 0.25) is 0 Å². The fourth-order valence-electron chi connectivity index (χ4n) is 2.87. The Kier molecular flexibility index (Phi) is 2.61. The highest BCUT2D eigenvalue weighted by molar-refractivity contribution is 5.01. The molecule has 0 N–H and O–H groups in total. The monoisotopic (exact) mass is 180 g/mol. The van der Waals surface area contributed by atoms with Crippen molar-refractivity contribution in [2.45, 2.75) is 51.6 Å². The molecule has 1 saturated carbocycles. The molecular formula is C12H20O. The molecule has 2 atom stereocenters. The lowest BCUT2D eigenvalue weighted by Crippen LogP contribution is -2.16. The molecule has 1 heteroatoms. The summed E-state index contributed by atoms with van der Waals surface area (Å²) in [5.74, 6) is 2.63. The lowest BCUT2D eigenvalue weighted by atomic mass is 9.78. The summed E-state index contributed by atoms with van der Waals surface area (Å²) in [6.45, 7) is 6.20. The van der Waals surface area contributed by atoms with Gasteiger partial charge in [0, 0.05) is 5.92 Å². The maximum Gasteiger partial charge on any atom is 0.0961 e. The predicted molar refractivity (Wildman–Crippen MR) is 54.4 cm³/mol. The van der Waals surface area contributed by atoms with E-state index in [1.807, 2.05) is 0 Å². The van der Waals surface area contributed by atoms with Crippen LogP contribution in [0, 0.1) is 11.8 Å². The topological polar surface area (TPSA) is 9.23 Å². The molecule has 1 nitrogen and oxygen atoms in total. The summed E-state index contributed by atoms with van der Waals surface area (Å²) in [7, 11) is 0. The first kappa shape index (κ1) is 9.11. The molecule has 0 bridgehead atoms. The molecule has 1 aliphatic heterocycles. The average Bonchev–Trinajstić information content (AvgIpc) is 2.47. The highest BCUT2D eigenvalue weighted by Crippen LogP contribution is 2.40. The van der Waals surface area contributed by atoms with E-state index >= 15 is 0 Å². The van der Waals surface area contributed by atoms with Gasteiger partial charge in [0.15, 0.2) is 0 Å². The van der Waals surface area contributed by atoms with Crippen molar-refractivity contribution < 1.29 is 4.74 Å². The number of hydrogen-bond donors (Lipinski definition) is 0. The van der Waals surface area contributed by atoms with E-state index in [0.29, 0.717) is 12.0 Å². The summed E-state index contributed by atoms with van der Waals surface area (Å²) in [6, 6.07) is 0. The Bertz CT molecular complexity index is 191. The van der Waals surface area contributed by atoms with Gasteiger partial charge in [0.25, 0.3) is 0 Å². The third-order valence-corrected chi connectivity index (χ3v) is 3.57. The molecular weight excluding hydrogens is 160 g/mol. The number of rotatable bonds is 1. The van der Waals surface area contributed by atoms with Crippen LogP contribution in [0.4, 0.5) is 0 Å². The summed E-state index contributed by atoms with van der Waals surface area (Å²) in [4.78, 5) is 0. The van der Waals surface area contributed by atoms with E-state index in [1.54, 1.807) is 0 Å². The third kappa shape index (κ3) is 1.90. The second-order valence-electron chi connectivity index (χ2n) is 4.64. The van der Waals surface area contributed by atoms with Gasteiger partial charge in [-0.25, -0.2) is 0 Å². The Morgan fingerprint density at radius 3 is 2.46 bits per heavy atom. The van der Waals surface area contributed by atoms with Gasteiger partial charge in [-0.05, 0) is 32.1 Å². The molecule has 0 amide bonds. The van der Waals surface area contributed by atoms with E-state index < -0.39 is 0 Å². The number of hydrogen-bond acceptors (Lipinski definition) is 1. The van der Waals surface area contributed by atoms with Crippen LogP contribution in [-0.2, 0) is 4.74 Å². The van der Waals surface area contributed by atoms with Crippen LogP contribution < -0.4 is 0 Å². The Labute approximate surface area is 81.2 Å². The second kappa shape index (κ2) is 3.73. The summed E-state index contributed by atoms with van der Waals surface area (Å²) in [5.41, 5.74) is 0. The van der Waals surface area contributed by atoms with Crippen LogP contribution in [0.1, 0.15) is 45.4 Å². The van der Waals surface area contributed by atoms with Crippen LogP contribution in [0.3, 0.4) is 0 Å². The maximum atomic E-state index is 5.63. The molecule has 1 saturated heterocycles. The van der Waals surface area contributed by atoms with Crippen LogP contribution in [0.15, 0.2) is 12.3 Å². The lowest BCUT2D eigenvalue weighted by molar-refractivity contribution is 0.175. The molecule has 2 aliphatic rings. The second-order valence-corrected chi connectivity index (χ2v) is 4.64. The van der Waals surface area contributed by atoms with Crippen LogP contribution in [-0.4, -0.2) is 6.10 Å². The van der Waals surface area contributed by atoms with E-state index in [9.17, 15) is 0 Å². The number of allylic oxidation sites excluding steroid dienone is 1. The minimum absolute atomic E-state index is 0.416. The molecule has 74 valence electrons. The SMILES string of the molecule is C=C1O[C@@H](C)CC1C1CCCCC1. The van der Waals surface area contributed by atoms with Crippen molar-refractivity contribution in [2.75, 3.05) is 0 Å². The molecule has 0 aromatic carbocycles. The Balaban J connectivity index is 1.95. The highest BCUT2D eigenvalue weighted by atomic mass is 16.5. The Hall–Kier alpha value is -0.460. The fourth-order valence-corrected chi connectivity index (χ4v) is 2.87. The van der Waals surface area contributed by atoms with Crippen molar-refractivity contribution >= 4 is 0 Å². The average molecular weight is 180 g/mol. The molecule has 13 heavy (non-hydrogen) atoms. The van der Waals surface area contributed by atoms with Gasteiger partial charge < -0.3 is 4.74 Å². The quantitative estimate of drug-likeness (QED) is 0.600. The van der Waals surface area contributed by atoms with Gasteiger partial charge in [0.05, 0.1) is 11.9 Å². The predicted octanol–water partition coefficient (Wildman–Crippen LogP) is 3.51. The van der Waals surface area contributed by atoms with E-state index in [2.05, 4.69) is 13.5 Å². The van der Waals surface area contributed by atoms with Crippen molar-refractivity contribution in [3.05, 3.63) is 12.3 Å². The largest absolute Gasteiger partial charge is 0.495 e. The fraction of sp³-hybridized carbons (Fsp3) is 0.833. The first-order valence-electron chi connectivity index (χ1n) is 5.63. The smallest absolute Gasteiger partial charge is 0.0961 e. The molecule has 2 fully saturated rings. The van der Waals surface area contributed by atoms with Gasteiger partial charge >= 0.3 is 0 Å². The lowest BCUT2D eigenvalue weighted by Gasteiger charge is -2.26. The van der Waals surface area contributed by atoms with Gasteiger partial charge in [0.2, 0.25) is 0 Å². The zero-order valence-electron chi connectivity index (χ0n) is 8.59. The zero-order chi connectivity index (χ0) is 9.26. The third-order valence-electron chi connectivity index (χ3n) is 3.57. The summed E-state index contributed by atoms with van der Waals surface area (Å²) in [6.07, 6.45) is 8.71. The molecule has 1 aliphatic carbocycles. The molecule has 1 heterocycles. The highest BCUT2D eigenvalue weighted by Gasteiger charge is 2.33. The molecule has 0 spiro atoms. The standard InChI is InChI=1S/C12H20O/c1-9-8-12(10(2)13-9)11-6-4-3-5-7-11/h9,11-12H,2-8H2,1H3/t9-,12?/m0/s1. The van der Waals surface area contributed by atoms with Gasteiger partial charge in [0.1, 0.15) is 0 Å². The Morgan fingerprint density at radius 1 is 1.23 bits per heavy atom. The van der Waals surface area contributed by atoms with Gasteiger partial charge in [-0.15, -0.1) is 0 Å². The van der Waals surface area contributed by atoms with Crippen molar-refractivity contribution in [3.8, 4) is 0 Å². The van der Waals surface area contributed by atoms with Crippen molar-refractivity contribution in [1.29, 1.82) is 0 Å². The van der Waals surface area contributed by atoms with Gasteiger partial charge in [-0.1, -0.05) is 25.8 Å². The number of ether oxygens (including phenoxy) is 1. The minimum atomic E-state index is 0.416. The molecule has 0 radical (unpaired) electrons. The van der Waals surface area contributed by atoms with Crippen molar-refractivity contribution in [2.24, 2.45) is 11.8 Å². The summed E-state index contributed by atoms with van der Waals surface area (Å²) >= 11 is 0. The Morgan fingerprint density at radius 2 is 1.92 bits per heavy atom. The van der Waals surface area contributed by atoms with E-state index in [4.69, 9.17) is 4.74 Å². The molecule has 2 rings (SSSR count). The maximum absolute atomic E-state index is 5.63. The molecule has 0 aromatic heterocycles. The first-order valence-corrected chi connectivity index (χ1v) is 5.63. The zero-order valence-corrected chi connectivity index (χ0v) is 8.59. The van der Waals surface area contributed by atoms with E-state index in [1.165, 1.54) is 38.5 Å². The molecule has 1 unspecified atom stereocenters. The summed E-state index contributed by atoms with van der Waals surface area (Å²) in [5, 5.41) is 0. The summed E-state index contributed by atoms with van der Waals surface area (Å²) < 4.78 is 5.63. The van der Waals surface area contributed by atoms with E-state index in [-0.39, 0.29) is 0 Å². The van der Waals surface area contributed by atoms with Crippen molar-refractivity contribution in [1.82, 2.24) is 0 Å². The van der Waals surface area contributed by atoms with Crippen LogP contribution in [0.25, 0.3) is 0 Å². The van der Waals surface area contributed by atoms with Crippen LogP contribution in [0.5, 0.6) is 0 Å². The van der Waals surface area contributed by atoms with Crippen molar-refractivity contribution in [3.63, 3.8) is 0 Å². The molecule has 0 aromatic rings.